The zero-order valence-electron chi connectivity index (χ0n) is 12.5. The van der Waals surface area contributed by atoms with Gasteiger partial charge in [0.2, 0.25) is 0 Å². The van der Waals surface area contributed by atoms with Crippen molar-refractivity contribution in [1.82, 2.24) is 25.4 Å². The van der Waals surface area contributed by atoms with Gasteiger partial charge in [0, 0.05) is 20.1 Å². The van der Waals surface area contributed by atoms with Crippen molar-refractivity contribution in [3.8, 4) is 0 Å². The van der Waals surface area contributed by atoms with E-state index in [2.05, 4.69) is 39.6 Å². The van der Waals surface area contributed by atoms with Gasteiger partial charge in [-0.1, -0.05) is 26.2 Å². The molecular weight excluding hydrogens is 240 g/mol. The van der Waals surface area contributed by atoms with Crippen molar-refractivity contribution in [2.24, 2.45) is 12.0 Å². The molecule has 0 saturated carbocycles. The summed E-state index contributed by atoms with van der Waals surface area (Å²) in [5.74, 6) is 1.70. The molecule has 1 atom stereocenters. The van der Waals surface area contributed by atoms with Crippen LogP contribution in [-0.2, 0) is 13.6 Å². The lowest BCUT2D eigenvalue weighted by Crippen LogP contribution is -2.42. The Morgan fingerprint density at radius 3 is 2.84 bits per heavy atom. The molecule has 2 N–H and O–H groups in total. The Bertz CT molecular complexity index is 384. The van der Waals surface area contributed by atoms with Gasteiger partial charge in [-0.25, -0.2) is 4.98 Å². The zero-order chi connectivity index (χ0) is 14.1. The van der Waals surface area contributed by atoms with E-state index in [1.807, 2.05) is 7.05 Å². The molecule has 108 valence electrons. The third-order valence-corrected chi connectivity index (χ3v) is 3.07. The molecule has 0 spiro atoms. The van der Waals surface area contributed by atoms with Gasteiger partial charge in [-0.2, -0.15) is 5.10 Å². The van der Waals surface area contributed by atoms with Crippen molar-refractivity contribution < 1.29 is 0 Å². The molecule has 0 radical (unpaired) electrons. The van der Waals surface area contributed by atoms with Gasteiger partial charge in [0.25, 0.3) is 0 Å². The Morgan fingerprint density at radius 1 is 1.47 bits per heavy atom. The first-order valence-corrected chi connectivity index (χ1v) is 6.97. The van der Waals surface area contributed by atoms with Gasteiger partial charge in [0.1, 0.15) is 12.2 Å². The predicted molar refractivity (Wildman–Crippen MR) is 77.9 cm³/mol. The molecule has 6 nitrogen and oxygen atoms in total. The van der Waals surface area contributed by atoms with Gasteiger partial charge in [-0.05, 0) is 13.3 Å². The SMILES string of the molecule is CCCCCC(C)NC(=NC)NCc1ncnn1C. The second kappa shape index (κ2) is 8.50. The Morgan fingerprint density at radius 2 is 2.26 bits per heavy atom. The first-order chi connectivity index (χ1) is 9.17. The number of unbranched alkanes of at least 4 members (excludes halogenated alkanes) is 2. The molecule has 0 saturated heterocycles. The Labute approximate surface area is 115 Å². The van der Waals surface area contributed by atoms with Crippen LogP contribution in [0.3, 0.4) is 0 Å². The molecule has 1 rings (SSSR count). The second-order valence-corrected chi connectivity index (χ2v) is 4.77. The van der Waals surface area contributed by atoms with Crippen LogP contribution >= 0.6 is 0 Å². The van der Waals surface area contributed by atoms with E-state index in [0.29, 0.717) is 12.6 Å². The summed E-state index contributed by atoms with van der Waals surface area (Å²) in [4.78, 5) is 8.39. The molecule has 6 heteroatoms. The number of aryl methyl sites for hydroxylation is 1. The quantitative estimate of drug-likeness (QED) is 0.445. The van der Waals surface area contributed by atoms with E-state index in [1.54, 1.807) is 18.1 Å². The van der Waals surface area contributed by atoms with Crippen LogP contribution in [0.25, 0.3) is 0 Å². The topological polar surface area (TPSA) is 67.1 Å². The minimum absolute atomic E-state index is 0.428. The van der Waals surface area contributed by atoms with Gasteiger partial charge < -0.3 is 10.6 Å². The van der Waals surface area contributed by atoms with Gasteiger partial charge >= 0.3 is 0 Å². The van der Waals surface area contributed by atoms with Crippen molar-refractivity contribution in [2.75, 3.05) is 7.05 Å². The highest BCUT2D eigenvalue weighted by molar-refractivity contribution is 5.79. The highest BCUT2D eigenvalue weighted by atomic mass is 15.3. The summed E-state index contributed by atoms with van der Waals surface area (Å²) in [6, 6.07) is 0.428. The Kier molecular flexibility index (Phi) is 6.92. The monoisotopic (exact) mass is 266 g/mol. The first kappa shape index (κ1) is 15.5. The average Bonchev–Trinajstić information content (AvgIpc) is 2.80. The lowest BCUT2D eigenvalue weighted by Gasteiger charge is -2.17. The zero-order valence-corrected chi connectivity index (χ0v) is 12.5. The van der Waals surface area contributed by atoms with E-state index in [9.17, 15) is 0 Å². The van der Waals surface area contributed by atoms with E-state index in [-0.39, 0.29) is 0 Å². The van der Waals surface area contributed by atoms with Crippen LogP contribution in [0.5, 0.6) is 0 Å². The number of aromatic nitrogens is 3. The lowest BCUT2D eigenvalue weighted by molar-refractivity contribution is 0.545. The van der Waals surface area contributed by atoms with Crippen LogP contribution < -0.4 is 10.6 Å². The fraction of sp³-hybridized carbons (Fsp3) is 0.769. The van der Waals surface area contributed by atoms with Gasteiger partial charge in [-0.15, -0.1) is 0 Å². The van der Waals surface area contributed by atoms with Crippen LogP contribution in [0.2, 0.25) is 0 Å². The molecule has 0 aromatic carbocycles. The first-order valence-electron chi connectivity index (χ1n) is 6.97. The summed E-state index contributed by atoms with van der Waals surface area (Å²) in [5, 5.41) is 10.7. The van der Waals surface area contributed by atoms with Crippen molar-refractivity contribution in [3.63, 3.8) is 0 Å². The largest absolute Gasteiger partial charge is 0.354 e. The summed E-state index contributed by atoms with van der Waals surface area (Å²) < 4.78 is 1.75. The molecule has 0 aliphatic heterocycles. The fourth-order valence-electron chi connectivity index (χ4n) is 1.84. The molecular formula is C13H26N6. The molecule has 19 heavy (non-hydrogen) atoms. The number of hydrogen-bond acceptors (Lipinski definition) is 3. The summed E-state index contributed by atoms with van der Waals surface area (Å²) in [7, 11) is 3.67. The number of nitrogens with one attached hydrogen (secondary N) is 2. The minimum atomic E-state index is 0.428. The van der Waals surface area contributed by atoms with Crippen LogP contribution in [0.4, 0.5) is 0 Å². The van der Waals surface area contributed by atoms with Crippen molar-refractivity contribution in [3.05, 3.63) is 12.2 Å². The number of nitrogens with zero attached hydrogens (tertiary/aromatic N) is 4. The summed E-state index contributed by atoms with van der Waals surface area (Å²) in [5.41, 5.74) is 0. The Hall–Kier alpha value is -1.59. The van der Waals surface area contributed by atoms with E-state index in [1.165, 1.54) is 25.7 Å². The van der Waals surface area contributed by atoms with Gasteiger partial charge in [0.05, 0.1) is 6.54 Å². The molecule has 1 aromatic heterocycles. The molecule has 0 bridgehead atoms. The highest BCUT2D eigenvalue weighted by Crippen LogP contribution is 2.02. The maximum absolute atomic E-state index is 4.22. The number of aliphatic imine (C=N–C) groups is 1. The van der Waals surface area contributed by atoms with E-state index in [4.69, 9.17) is 0 Å². The highest BCUT2D eigenvalue weighted by Gasteiger charge is 2.06. The predicted octanol–water partition coefficient (Wildman–Crippen LogP) is 1.45. The third-order valence-electron chi connectivity index (χ3n) is 3.07. The van der Waals surface area contributed by atoms with Crippen molar-refractivity contribution in [1.29, 1.82) is 0 Å². The molecule has 0 fully saturated rings. The number of hydrogen-bond donors (Lipinski definition) is 2. The van der Waals surface area contributed by atoms with Crippen LogP contribution in [0.1, 0.15) is 45.4 Å². The molecule has 0 aliphatic rings. The summed E-state index contributed by atoms with van der Waals surface area (Å²) >= 11 is 0. The smallest absolute Gasteiger partial charge is 0.191 e. The van der Waals surface area contributed by atoms with E-state index >= 15 is 0 Å². The molecule has 1 heterocycles. The van der Waals surface area contributed by atoms with E-state index < -0.39 is 0 Å². The average molecular weight is 266 g/mol. The standard InChI is InChI=1S/C13H26N6/c1-5-6-7-8-11(2)18-13(14-3)15-9-12-16-10-17-19(12)4/h10-11H,5-9H2,1-4H3,(H2,14,15,18). The van der Waals surface area contributed by atoms with Crippen molar-refractivity contribution in [2.45, 2.75) is 52.1 Å². The minimum Gasteiger partial charge on any atom is -0.354 e. The molecule has 1 unspecified atom stereocenters. The Balaban J connectivity index is 2.32. The molecule has 0 aliphatic carbocycles. The summed E-state index contributed by atoms with van der Waals surface area (Å²) in [6.45, 7) is 5.03. The molecule has 0 amide bonds. The normalized spacial score (nSPS) is 13.4. The van der Waals surface area contributed by atoms with Crippen molar-refractivity contribution >= 4 is 5.96 Å². The lowest BCUT2D eigenvalue weighted by atomic mass is 10.1. The van der Waals surface area contributed by atoms with Crippen LogP contribution in [-0.4, -0.2) is 33.8 Å². The number of rotatable bonds is 7. The van der Waals surface area contributed by atoms with Crippen LogP contribution in [0, 0.1) is 0 Å². The second-order valence-electron chi connectivity index (χ2n) is 4.77. The fourth-order valence-corrected chi connectivity index (χ4v) is 1.84. The molecule has 1 aromatic rings. The third kappa shape index (κ3) is 5.72. The van der Waals surface area contributed by atoms with Gasteiger partial charge in [-0.3, -0.25) is 9.67 Å². The van der Waals surface area contributed by atoms with Gasteiger partial charge in [0.15, 0.2) is 5.96 Å². The maximum Gasteiger partial charge on any atom is 0.191 e. The van der Waals surface area contributed by atoms with Crippen LogP contribution in [0.15, 0.2) is 11.3 Å². The summed E-state index contributed by atoms with van der Waals surface area (Å²) in [6.07, 6.45) is 6.52. The maximum atomic E-state index is 4.22. The van der Waals surface area contributed by atoms with E-state index in [0.717, 1.165) is 11.8 Å². The number of guanidine groups is 1.